The zero-order valence-corrected chi connectivity index (χ0v) is 10.9. The van der Waals surface area contributed by atoms with Crippen LogP contribution in [0.4, 0.5) is 0 Å². The summed E-state index contributed by atoms with van der Waals surface area (Å²) in [6.45, 7) is 5.48. The van der Waals surface area contributed by atoms with Gasteiger partial charge in [0.25, 0.3) is 0 Å². The number of thiocarbonyl (C=S) groups is 1. The number of rotatable bonds is 3. The molecule has 1 atom stereocenters. The number of H-pyrrole nitrogens is 1. The highest BCUT2D eigenvalue weighted by atomic mass is 32.1. The summed E-state index contributed by atoms with van der Waals surface area (Å²) in [5.41, 5.74) is 2.17. The van der Waals surface area contributed by atoms with Gasteiger partial charge in [-0.25, -0.2) is 4.98 Å². The molecule has 0 radical (unpaired) electrons. The Morgan fingerprint density at radius 3 is 3.29 bits per heavy atom. The second kappa shape index (κ2) is 5.46. The van der Waals surface area contributed by atoms with Crippen molar-refractivity contribution >= 4 is 17.3 Å². The van der Waals surface area contributed by atoms with Gasteiger partial charge >= 0.3 is 0 Å². The van der Waals surface area contributed by atoms with Crippen molar-refractivity contribution < 1.29 is 4.74 Å². The molecule has 0 spiro atoms. The molecule has 1 aromatic rings. The first kappa shape index (κ1) is 12.3. The molecule has 0 fully saturated rings. The van der Waals surface area contributed by atoms with Crippen molar-refractivity contribution in [2.24, 2.45) is 0 Å². The number of nitrogens with zero attached hydrogens (tertiary/aromatic N) is 1. The second-order valence-corrected chi connectivity index (χ2v) is 4.79. The first-order valence-electron chi connectivity index (χ1n) is 5.85. The van der Waals surface area contributed by atoms with Crippen molar-refractivity contribution in [2.75, 3.05) is 13.2 Å². The minimum absolute atomic E-state index is 0.00756. The second-order valence-electron chi connectivity index (χ2n) is 4.38. The van der Waals surface area contributed by atoms with Gasteiger partial charge in [0.1, 0.15) is 6.10 Å². The highest BCUT2D eigenvalue weighted by Crippen LogP contribution is 2.22. The van der Waals surface area contributed by atoms with E-state index in [4.69, 9.17) is 17.0 Å². The van der Waals surface area contributed by atoms with E-state index >= 15 is 0 Å². The molecule has 0 aromatic carbocycles. The van der Waals surface area contributed by atoms with Gasteiger partial charge in [-0.1, -0.05) is 0 Å². The van der Waals surface area contributed by atoms with Gasteiger partial charge in [0.15, 0.2) is 5.11 Å². The van der Waals surface area contributed by atoms with E-state index < -0.39 is 0 Å². The van der Waals surface area contributed by atoms with Crippen LogP contribution in [0.5, 0.6) is 0 Å². The van der Waals surface area contributed by atoms with Crippen LogP contribution in [-0.2, 0) is 11.2 Å². The molecule has 3 N–H and O–H groups in total. The first-order valence-corrected chi connectivity index (χ1v) is 6.25. The molecule has 17 heavy (non-hydrogen) atoms. The molecule has 0 aliphatic carbocycles. The fourth-order valence-electron chi connectivity index (χ4n) is 1.85. The molecular weight excluding hydrogens is 236 g/mol. The average Bonchev–Trinajstić information content (AvgIpc) is 2.73. The molecule has 1 aliphatic heterocycles. The molecule has 0 saturated carbocycles. The van der Waals surface area contributed by atoms with Gasteiger partial charge in [-0.15, -0.1) is 0 Å². The molecule has 5 nitrogen and oxygen atoms in total. The van der Waals surface area contributed by atoms with Gasteiger partial charge in [0.2, 0.25) is 0 Å². The molecular formula is C11H18N4OS. The maximum Gasteiger partial charge on any atom is 0.166 e. The molecule has 1 unspecified atom stereocenters. The zero-order valence-electron chi connectivity index (χ0n) is 10.1. The Hall–Kier alpha value is -1.14. The summed E-state index contributed by atoms with van der Waals surface area (Å²) in [5.74, 6) is 0. The maximum absolute atomic E-state index is 5.70. The summed E-state index contributed by atoms with van der Waals surface area (Å²) in [6.07, 6.45) is 2.61. The van der Waals surface area contributed by atoms with Crippen molar-refractivity contribution in [3.8, 4) is 0 Å². The standard InChI is InChI=1S/C11H18N4OS/c1-7(2)15-11(17)12-5-9-10-8(3-4-16-9)13-6-14-10/h6-7,9H,3-5H2,1-2H3,(H,13,14)(H2,12,15,17). The summed E-state index contributed by atoms with van der Waals surface area (Å²) in [6, 6.07) is 0.338. The third kappa shape index (κ3) is 3.17. The average molecular weight is 254 g/mol. The largest absolute Gasteiger partial charge is 0.370 e. The van der Waals surface area contributed by atoms with Gasteiger partial charge in [0.05, 0.1) is 24.3 Å². The zero-order chi connectivity index (χ0) is 12.3. The highest BCUT2D eigenvalue weighted by Gasteiger charge is 2.22. The monoisotopic (exact) mass is 254 g/mol. The number of fused-ring (bicyclic) bond motifs is 1. The van der Waals surface area contributed by atoms with E-state index in [1.807, 2.05) is 0 Å². The topological polar surface area (TPSA) is 62.0 Å². The van der Waals surface area contributed by atoms with Crippen molar-refractivity contribution in [3.05, 3.63) is 17.7 Å². The van der Waals surface area contributed by atoms with Crippen LogP contribution in [-0.4, -0.2) is 34.3 Å². The van der Waals surface area contributed by atoms with Crippen molar-refractivity contribution in [1.82, 2.24) is 20.6 Å². The fraction of sp³-hybridized carbons (Fsp3) is 0.636. The molecule has 0 saturated heterocycles. The van der Waals surface area contributed by atoms with Crippen molar-refractivity contribution in [1.29, 1.82) is 0 Å². The van der Waals surface area contributed by atoms with E-state index in [0.29, 0.717) is 24.3 Å². The van der Waals surface area contributed by atoms with Crippen LogP contribution in [0.3, 0.4) is 0 Å². The Morgan fingerprint density at radius 1 is 1.71 bits per heavy atom. The normalized spacial score (nSPS) is 18.9. The lowest BCUT2D eigenvalue weighted by Gasteiger charge is -2.23. The van der Waals surface area contributed by atoms with E-state index in [2.05, 4.69) is 34.4 Å². The summed E-state index contributed by atoms with van der Waals surface area (Å²) in [4.78, 5) is 7.40. The molecule has 94 valence electrons. The van der Waals surface area contributed by atoms with E-state index in [-0.39, 0.29) is 6.10 Å². The Labute approximate surface area is 106 Å². The summed E-state index contributed by atoms with van der Waals surface area (Å²) in [7, 11) is 0. The lowest BCUT2D eigenvalue weighted by atomic mass is 10.1. The quantitative estimate of drug-likeness (QED) is 0.700. The number of nitrogens with one attached hydrogen (secondary N) is 3. The summed E-state index contributed by atoms with van der Waals surface area (Å²) >= 11 is 5.17. The molecule has 2 heterocycles. The molecule has 6 heteroatoms. The van der Waals surface area contributed by atoms with E-state index in [9.17, 15) is 0 Å². The molecule has 1 aromatic heterocycles. The maximum atomic E-state index is 5.70. The highest BCUT2D eigenvalue weighted by molar-refractivity contribution is 7.80. The Bertz CT molecular complexity index is 391. The van der Waals surface area contributed by atoms with Gasteiger partial charge in [0, 0.05) is 19.0 Å². The van der Waals surface area contributed by atoms with Crippen LogP contribution < -0.4 is 10.6 Å². The van der Waals surface area contributed by atoms with Gasteiger partial charge in [-0.3, -0.25) is 0 Å². The van der Waals surface area contributed by atoms with Gasteiger partial charge in [-0.2, -0.15) is 0 Å². The van der Waals surface area contributed by atoms with E-state index in [1.165, 1.54) is 0 Å². The Morgan fingerprint density at radius 2 is 2.53 bits per heavy atom. The van der Waals surface area contributed by atoms with Crippen LogP contribution in [0.25, 0.3) is 0 Å². The van der Waals surface area contributed by atoms with Crippen LogP contribution in [0, 0.1) is 0 Å². The smallest absolute Gasteiger partial charge is 0.166 e. The van der Waals surface area contributed by atoms with Gasteiger partial charge < -0.3 is 20.4 Å². The number of imidazole rings is 1. The van der Waals surface area contributed by atoms with Crippen molar-refractivity contribution in [3.63, 3.8) is 0 Å². The number of hydrogen-bond acceptors (Lipinski definition) is 3. The summed E-state index contributed by atoms with van der Waals surface area (Å²) in [5, 5.41) is 6.96. The summed E-state index contributed by atoms with van der Waals surface area (Å²) < 4.78 is 5.70. The predicted octanol–water partition coefficient (Wildman–Crippen LogP) is 0.896. The number of hydrogen-bond donors (Lipinski definition) is 3. The van der Waals surface area contributed by atoms with E-state index in [1.54, 1.807) is 6.33 Å². The minimum atomic E-state index is 0.00756. The van der Waals surface area contributed by atoms with Crippen LogP contribution in [0.15, 0.2) is 6.33 Å². The molecule has 0 bridgehead atoms. The van der Waals surface area contributed by atoms with Crippen molar-refractivity contribution in [2.45, 2.75) is 32.4 Å². The number of ether oxygens (including phenoxy) is 1. The number of aromatic amines is 1. The molecule has 0 amide bonds. The van der Waals surface area contributed by atoms with E-state index in [0.717, 1.165) is 17.8 Å². The minimum Gasteiger partial charge on any atom is -0.370 e. The van der Waals surface area contributed by atoms with Crippen LogP contribution in [0.1, 0.15) is 31.3 Å². The third-order valence-electron chi connectivity index (χ3n) is 2.60. The van der Waals surface area contributed by atoms with Crippen LogP contribution >= 0.6 is 12.2 Å². The Kier molecular flexibility index (Phi) is 3.96. The van der Waals surface area contributed by atoms with Crippen LogP contribution in [0.2, 0.25) is 0 Å². The Balaban J connectivity index is 1.87. The molecule has 1 aliphatic rings. The lowest BCUT2D eigenvalue weighted by molar-refractivity contribution is 0.0421. The SMILES string of the molecule is CC(C)NC(=S)NCC1OCCc2nc[nH]c21. The predicted molar refractivity (Wildman–Crippen MR) is 69.9 cm³/mol. The first-order chi connectivity index (χ1) is 8.16. The van der Waals surface area contributed by atoms with Gasteiger partial charge in [-0.05, 0) is 26.1 Å². The third-order valence-corrected chi connectivity index (χ3v) is 2.86. The lowest BCUT2D eigenvalue weighted by Crippen LogP contribution is -2.41. The fourth-order valence-corrected chi connectivity index (χ4v) is 2.17. The number of aromatic nitrogens is 2. The molecule has 2 rings (SSSR count).